The van der Waals surface area contributed by atoms with E-state index in [1.54, 1.807) is 11.0 Å². The third-order valence-electron chi connectivity index (χ3n) is 4.82. The molecule has 25 heavy (non-hydrogen) atoms. The molecule has 4 rings (SSSR count). The predicted molar refractivity (Wildman–Crippen MR) is 93.8 cm³/mol. The molecule has 130 valence electrons. The van der Waals surface area contributed by atoms with Gasteiger partial charge in [-0.05, 0) is 43.9 Å². The summed E-state index contributed by atoms with van der Waals surface area (Å²) >= 11 is 0. The quantitative estimate of drug-likeness (QED) is 0.793. The largest absolute Gasteiger partial charge is 0.340 e. The third-order valence-corrected chi connectivity index (χ3v) is 4.82. The van der Waals surface area contributed by atoms with Crippen LogP contribution in [0.3, 0.4) is 0 Å². The van der Waals surface area contributed by atoms with Gasteiger partial charge in [0.2, 0.25) is 5.91 Å². The number of hydrogen-bond donors (Lipinski definition) is 1. The van der Waals surface area contributed by atoms with Gasteiger partial charge in [-0.15, -0.1) is 0 Å². The number of aromatic amines is 1. The van der Waals surface area contributed by atoms with Gasteiger partial charge in [0.05, 0.1) is 23.6 Å². The maximum absolute atomic E-state index is 12.8. The van der Waals surface area contributed by atoms with Gasteiger partial charge in [-0.3, -0.25) is 9.48 Å². The number of carbonyl (C=O) groups is 1. The van der Waals surface area contributed by atoms with Crippen LogP contribution in [-0.2, 0) is 11.3 Å². The van der Waals surface area contributed by atoms with Crippen LogP contribution in [0.4, 0.5) is 0 Å². The number of nitrogens with one attached hydrogen (secondary N) is 1. The number of nitrogens with zero attached hydrogens (tertiary/aromatic N) is 5. The van der Waals surface area contributed by atoms with Crippen molar-refractivity contribution < 1.29 is 4.79 Å². The van der Waals surface area contributed by atoms with Crippen molar-refractivity contribution in [1.82, 2.24) is 29.6 Å². The van der Waals surface area contributed by atoms with E-state index in [0.29, 0.717) is 13.0 Å². The summed E-state index contributed by atoms with van der Waals surface area (Å²) in [4.78, 5) is 26.8. The highest BCUT2D eigenvalue weighted by atomic mass is 16.2. The maximum Gasteiger partial charge on any atom is 0.225 e. The fourth-order valence-corrected chi connectivity index (χ4v) is 3.52. The number of fused-ring (bicyclic) bond motifs is 1. The van der Waals surface area contributed by atoms with E-state index in [-0.39, 0.29) is 11.9 Å². The van der Waals surface area contributed by atoms with E-state index in [0.717, 1.165) is 42.7 Å². The van der Waals surface area contributed by atoms with Gasteiger partial charge in [0.25, 0.3) is 0 Å². The summed E-state index contributed by atoms with van der Waals surface area (Å²) in [5.74, 6) is 1.05. The molecule has 3 aromatic rings. The zero-order chi connectivity index (χ0) is 17.2. The molecular formula is C18H22N6O. The van der Waals surface area contributed by atoms with Crippen molar-refractivity contribution in [3.05, 3.63) is 42.2 Å². The third kappa shape index (κ3) is 3.26. The second kappa shape index (κ2) is 6.66. The Bertz CT molecular complexity index is 869. The highest BCUT2D eigenvalue weighted by Gasteiger charge is 2.29. The zero-order valence-corrected chi connectivity index (χ0v) is 14.4. The van der Waals surface area contributed by atoms with Crippen molar-refractivity contribution in [3.63, 3.8) is 0 Å². The van der Waals surface area contributed by atoms with Gasteiger partial charge in [0, 0.05) is 13.0 Å². The van der Waals surface area contributed by atoms with Crippen LogP contribution in [0.1, 0.15) is 43.1 Å². The number of aryl methyl sites for hydroxylation is 2. The number of hydrogen-bond acceptors (Lipinski definition) is 4. The molecule has 3 heterocycles. The van der Waals surface area contributed by atoms with Crippen molar-refractivity contribution in [2.45, 2.75) is 45.2 Å². The Labute approximate surface area is 146 Å². The highest BCUT2D eigenvalue weighted by Crippen LogP contribution is 2.31. The first-order valence-corrected chi connectivity index (χ1v) is 8.79. The lowest BCUT2D eigenvalue weighted by molar-refractivity contribution is -0.135. The number of rotatable bonds is 4. The molecule has 0 spiro atoms. The van der Waals surface area contributed by atoms with Gasteiger partial charge in [0.1, 0.15) is 18.5 Å². The molecule has 1 atom stereocenters. The zero-order valence-electron chi connectivity index (χ0n) is 14.4. The van der Waals surface area contributed by atoms with E-state index < -0.39 is 0 Å². The second-order valence-electron chi connectivity index (χ2n) is 6.65. The summed E-state index contributed by atoms with van der Waals surface area (Å²) in [5.41, 5.74) is 3.20. The standard InChI is InChI=1S/C18H22N6O/c1-13-5-6-14-15(10-13)22-18(21-14)16-4-2-3-8-24(16)17(25)7-9-23-12-19-11-20-23/h5-6,10-12,16H,2-4,7-9H2,1H3,(H,21,22)/t16-/m1/s1. The summed E-state index contributed by atoms with van der Waals surface area (Å²) in [6, 6.07) is 6.23. The van der Waals surface area contributed by atoms with Gasteiger partial charge in [-0.25, -0.2) is 9.97 Å². The summed E-state index contributed by atoms with van der Waals surface area (Å²) < 4.78 is 1.70. The van der Waals surface area contributed by atoms with Crippen molar-refractivity contribution >= 4 is 16.9 Å². The number of likely N-dealkylation sites (tertiary alicyclic amines) is 1. The van der Waals surface area contributed by atoms with E-state index in [1.807, 2.05) is 11.0 Å². The van der Waals surface area contributed by atoms with Crippen molar-refractivity contribution in [1.29, 1.82) is 0 Å². The van der Waals surface area contributed by atoms with E-state index in [1.165, 1.54) is 11.9 Å². The Morgan fingerprint density at radius 2 is 2.28 bits per heavy atom. The molecule has 7 nitrogen and oxygen atoms in total. The Hall–Kier alpha value is -2.70. The van der Waals surface area contributed by atoms with E-state index in [4.69, 9.17) is 4.98 Å². The fraction of sp³-hybridized carbons (Fsp3) is 0.444. The van der Waals surface area contributed by atoms with Crippen molar-refractivity contribution in [2.75, 3.05) is 6.54 Å². The molecular weight excluding hydrogens is 316 g/mol. The van der Waals surface area contributed by atoms with Crippen molar-refractivity contribution in [2.24, 2.45) is 0 Å². The van der Waals surface area contributed by atoms with Gasteiger partial charge in [0.15, 0.2) is 0 Å². The molecule has 2 aromatic heterocycles. The van der Waals surface area contributed by atoms with E-state index in [2.05, 4.69) is 34.1 Å². The number of carbonyl (C=O) groups excluding carboxylic acids is 1. The first-order valence-electron chi connectivity index (χ1n) is 8.79. The predicted octanol–water partition coefficient (Wildman–Crippen LogP) is 2.61. The first-order chi connectivity index (χ1) is 12.2. The highest BCUT2D eigenvalue weighted by molar-refractivity contribution is 5.78. The molecule has 1 saturated heterocycles. The lowest BCUT2D eigenvalue weighted by atomic mass is 10.0. The van der Waals surface area contributed by atoms with Crippen LogP contribution in [0.5, 0.6) is 0 Å². The average molecular weight is 338 g/mol. The van der Waals surface area contributed by atoms with Crippen LogP contribution >= 0.6 is 0 Å². The van der Waals surface area contributed by atoms with E-state index >= 15 is 0 Å². The number of benzene rings is 1. The lowest BCUT2D eigenvalue weighted by Gasteiger charge is -2.34. The van der Waals surface area contributed by atoms with Crippen LogP contribution in [0.2, 0.25) is 0 Å². The topological polar surface area (TPSA) is 79.7 Å². The number of amides is 1. The number of H-pyrrole nitrogens is 1. The minimum atomic E-state index is 0.0321. The van der Waals surface area contributed by atoms with Gasteiger partial charge < -0.3 is 9.88 Å². The lowest BCUT2D eigenvalue weighted by Crippen LogP contribution is -2.39. The molecule has 0 aliphatic carbocycles. The smallest absolute Gasteiger partial charge is 0.225 e. The molecule has 1 aliphatic heterocycles. The molecule has 7 heteroatoms. The Balaban J connectivity index is 1.54. The minimum Gasteiger partial charge on any atom is -0.340 e. The first kappa shape index (κ1) is 15.8. The summed E-state index contributed by atoms with van der Waals surface area (Å²) in [5, 5.41) is 4.06. The molecule has 0 radical (unpaired) electrons. The van der Waals surface area contributed by atoms with Gasteiger partial charge in [-0.2, -0.15) is 5.10 Å². The summed E-state index contributed by atoms with van der Waals surface area (Å²) in [7, 11) is 0. The fourth-order valence-electron chi connectivity index (χ4n) is 3.52. The van der Waals surface area contributed by atoms with Gasteiger partial charge in [-0.1, -0.05) is 6.07 Å². The molecule has 1 amide bonds. The second-order valence-corrected chi connectivity index (χ2v) is 6.65. The molecule has 1 N–H and O–H groups in total. The molecule has 1 aliphatic rings. The van der Waals surface area contributed by atoms with Crippen LogP contribution in [0.15, 0.2) is 30.9 Å². The van der Waals surface area contributed by atoms with E-state index in [9.17, 15) is 4.79 Å². The van der Waals surface area contributed by atoms with Crippen LogP contribution in [-0.4, -0.2) is 42.1 Å². The Kier molecular flexibility index (Phi) is 4.21. The molecule has 1 fully saturated rings. The Morgan fingerprint density at radius 1 is 1.36 bits per heavy atom. The van der Waals surface area contributed by atoms with Gasteiger partial charge >= 0.3 is 0 Å². The number of piperidine rings is 1. The number of imidazole rings is 1. The average Bonchev–Trinajstić information content (AvgIpc) is 3.28. The maximum atomic E-state index is 12.8. The molecule has 0 unspecified atom stereocenters. The molecule has 0 bridgehead atoms. The molecule has 1 aromatic carbocycles. The van der Waals surface area contributed by atoms with Crippen LogP contribution in [0, 0.1) is 6.92 Å². The van der Waals surface area contributed by atoms with Crippen molar-refractivity contribution in [3.8, 4) is 0 Å². The van der Waals surface area contributed by atoms with Crippen LogP contribution < -0.4 is 0 Å². The minimum absolute atomic E-state index is 0.0321. The normalized spacial score (nSPS) is 18.0. The molecule has 0 saturated carbocycles. The summed E-state index contributed by atoms with van der Waals surface area (Å²) in [6.07, 6.45) is 6.68. The summed E-state index contributed by atoms with van der Waals surface area (Å²) in [6.45, 7) is 3.42. The number of aromatic nitrogens is 5. The SMILES string of the molecule is Cc1ccc2nc([C@H]3CCCCN3C(=O)CCn3cncn3)[nH]c2c1. The van der Waals surface area contributed by atoms with Crippen LogP contribution in [0.25, 0.3) is 11.0 Å². The monoisotopic (exact) mass is 338 g/mol. The Morgan fingerprint density at radius 3 is 3.12 bits per heavy atom.